The van der Waals surface area contributed by atoms with Gasteiger partial charge in [-0.1, -0.05) is 54.6 Å². The minimum atomic E-state index is -3.59. The van der Waals surface area contributed by atoms with Crippen molar-refractivity contribution in [2.24, 2.45) is 0 Å². The minimum Gasteiger partial charge on any atom is -0.297 e. The summed E-state index contributed by atoms with van der Waals surface area (Å²) < 4.78 is 27.7. The molecule has 2 heterocycles. The Hall–Kier alpha value is -3.52. The van der Waals surface area contributed by atoms with Gasteiger partial charge in [-0.05, 0) is 58.7 Å². The molecule has 1 N–H and O–H groups in total. The van der Waals surface area contributed by atoms with Crippen molar-refractivity contribution < 1.29 is 8.42 Å². The molecule has 1 aliphatic heterocycles. The Balaban J connectivity index is 1.14. The SMILES string of the molecule is O=S(=O)(Nc1ccc(-c2ccc(CN3CCN(Cc4ccncc4)CC3)cc2)cc1)c1ccccc1. The first-order valence-electron chi connectivity index (χ1n) is 12.2. The van der Waals surface area contributed by atoms with Crippen molar-refractivity contribution in [3.05, 3.63) is 115 Å². The molecule has 184 valence electrons. The third kappa shape index (κ3) is 6.18. The van der Waals surface area contributed by atoms with Gasteiger partial charge in [0.15, 0.2) is 0 Å². The van der Waals surface area contributed by atoms with Gasteiger partial charge in [-0.2, -0.15) is 0 Å². The monoisotopic (exact) mass is 498 g/mol. The van der Waals surface area contributed by atoms with Gasteiger partial charge in [0, 0.05) is 57.3 Å². The average molecular weight is 499 g/mol. The Morgan fingerprint density at radius 3 is 1.69 bits per heavy atom. The molecule has 7 heteroatoms. The van der Waals surface area contributed by atoms with E-state index in [1.165, 1.54) is 11.1 Å². The largest absolute Gasteiger partial charge is 0.297 e. The Labute approximate surface area is 213 Å². The van der Waals surface area contributed by atoms with Gasteiger partial charge in [0.25, 0.3) is 10.0 Å². The van der Waals surface area contributed by atoms with Crippen molar-refractivity contribution in [1.29, 1.82) is 0 Å². The number of nitrogens with zero attached hydrogens (tertiary/aromatic N) is 3. The molecule has 1 aromatic heterocycles. The van der Waals surface area contributed by atoms with E-state index in [1.54, 1.807) is 42.5 Å². The number of hydrogen-bond donors (Lipinski definition) is 1. The van der Waals surface area contributed by atoms with Crippen LogP contribution in [-0.2, 0) is 23.1 Å². The van der Waals surface area contributed by atoms with Crippen molar-refractivity contribution in [2.75, 3.05) is 30.9 Å². The molecule has 1 saturated heterocycles. The standard InChI is InChI=1S/C29H30N4O2S/c34-36(35,29-4-2-1-3-5-29)31-28-12-10-27(11-13-28)26-8-6-24(7-9-26)22-32-18-20-33(21-19-32)23-25-14-16-30-17-15-25/h1-17,31H,18-23H2. The zero-order chi connectivity index (χ0) is 24.8. The second-order valence-electron chi connectivity index (χ2n) is 9.10. The van der Waals surface area contributed by atoms with Crippen molar-refractivity contribution in [2.45, 2.75) is 18.0 Å². The summed E-state index contributed by atoms with van der Waals surface area (Å²) in [6, 6.07) is 28.7. The smallest absolute Gasteiger partial charge is 0.261 e. The van der Waals surface area contributed by atoms with Gasteiger partial charge in [-0.3, -0.25) is 19.5 Å². The van der Waals surface area contributed by atoms with E-state index in [0.717, 1.165) is 50.4 Å². The van der Waals surface area contributed by atoms with Crippen molar-refractivity contribution in [3.8, 4) is 11.1 Å². The van der Waals surface area contributed by atoms with Crippen LogP contribution in [0.4, 0.5) is 5.69 Å². The third-order valence-corrected chi connectivity index (χ3v) is 7.90. The highest BCUT2D eigenvalue weighted by Crippen LogP contribution is 2.24. The van der Waals surface area contributed by atoms with Crippen LogP contribution >= 0.6 is 0 Å². The van der Waals surface area contributed by atoms with E-state index in [1.807, 2.05) is 24.5 Å². The van der Waals surface area contributed by atoms with Crippen LogP contribution < -0.4 is 4.72 Å². The minimum absolute atomic E-state index is 0.250. The Morgan fingerprint density at radius 2 is 1.14 bits per heavy atom. The van der Waals surface area contributed by atoms with E-state index < -0.39 is 10.0 Å². The van der Waals surface area contributed by atoms with Gasteiger partial charge >= 0.3 is 0 Å². The lowest BCUT2D eigenvalue weighted by molar-refractivity contribution is 0.122. The molecule has 0 saturated carbocycles. The van der Waals surface area contributed by atoms with Gasteiger partial charge in [0.2, 0.25) is 0 Å². The first kappa shape index (κ1) is 24.2. The number of pyridine rings is 1. The highest BCUT2D eigenvalue weighted by Gasteiger charge is 2.17. The molecule has 3 aromatic carbocycles. The fraction of sp³-hybridized carbons (Fsp3) is 0.207. The molecular formula is C29H30N4O2S. The van der Waals surface area contributed by atoms with Gasteiger partial charge in [0.05, 0.1) is 4.90 Å². The van der Waals surface area contributed by atoms with Crippen LogP contribution in [0, 0.1) is 0 Å². The van der Waals surface area contributed by atoms with Gasteiger partial charge in [0.1, 0.15) is 0 Å². The van der Waals surface area contributed by atoms with E-state index in [4.69, 9.17) is 0 Å². The summed E-state index contributed by atoms with van der Waals surface area (Å²) in [6.07, 6.45) is 3.72. The molecule has 0 unspecified atom stereocenters. The first-order chi connectivity index (χ1) is 17.5. The zero-order valence-corrected chi connectivity index (χ0v) is 20.9. The van der Waals surface area contributed by atoms with Crippen LogP contribution in [-0.4, -0.2) is 49.4 Å². The molecule has 0 amide bonds. The normalized spacial score (nSPS) is 15.0. The fourth-order valence-electron chi connectivity index (χ4n) is 4.46. The molecule has 6 nitrogen and oxygen atoms in total. The van der Waals surface area contributed by atoms with Gasteiger partial charge < -0.3 is 0 Å². The molecule has 0 bridgehead atoms. The molecule has 0 spiro atoms. The highest BCUT2D eigenvalue weighted by molar-refractivity contribution is 7.92. The summed E-state index contributed by atoms with van der Waals surface area (Å²) in [5, 5.41) is 0. The molecule has 36 heavy (non-hydrogen) atoms. The van der Waals surface area contributed by atoms with Crippen LogP contribution in [0.1, 0.15) is 11.1 Å². The highest BCUT2D eigenvalue weighted by atomic mass is 32.2. The summed E-state index contributed by atoms with van der Waals surface area (Å²) in [4.78, 5) is 9.35. The number of piperazine rings is 1. The Bertz CT molecular complexity index is 1350. The number of rotatable bonds is 8. The number of aromatic nitrogens is 1. The van der Waals surface area contributed by atoms with Gasteiger partial charge in [-0.25, -0.2) is 8.42 Å². The predicted octanol–water partition coefficient (Wildman–Crippen LogP) is 4.87. The van der Waals surface area contributed by atoms with Crippen LogP contribution in [0.25, 0.3) is 11.1 Å². The Morgan fingerprint density at radius 1 is 0.639 bits per heavy atom. The maximum atomic E-state index is 12.5. The number of sulfonamides is 1. The molecule has 5 rings (SSSR count). The van der Waals surface area contributed by atoms with Crippen molar-refractivity contribution >= 4 is 15.7 Å². The molecule has 0 atom stereocenters. The van der Waals surface area contributed by atoms with E-state index >= 15 is 0 Å². The summed E-state index contributed by atoms with van der Waals surface area (Å²) in [7, 11) is -3.59. The summed E-state index contributed by atoms with van der Waals surface area (Å²) in [5.41, 5.74) is 5.32. The topological polar surface area (TPSA) is 65.5 Å². The number of hydrogen-bond acceptors (Lipinski definition) is 5. The summed E-state index contributed by atoms with van der Waals surface area (Å²) >= 11 is 0. The first-order valence-corrected chi connectivity index (χ1v) is 13.6. The predicted molar refractivity (Wildman–Crippen MR) is 144 cm³/mol. The summed E-state index contributed by atoms with van der Waals surface area (Å²) in [6.45, 7) is 6.20. The lowest BCUT2D eigenvalue weighted by Crippen LogP contribution is -2.45. The second-order valence-corrected chi connectivity index (χ2v) is 10.8. The van der Waals surface area contributed by atoms with Gasteiger partial charge in [-0.15, -0.1) is 0 Å². The number of anilines is 1. The Kier molecular flexibility index (Phi) is 7.41. The second kappa shape index (κ2) is 11.0. The van der Waals surface area contributed by atoms with Crippen LogP contribution in [0.2, 0.25) is 0 Å². The maximum Gasteiger partial charge on any atom is 0.261 e. The summed E-state index contributed by atoms with van der Waals surface area (Å²) in [5.74, 6) is 0. The van der Waals surface area contributed by atoms with E-state index in [9.17, 15) is 8.42 Å². The fourth-order valence-corrected chi connectivity index (χ4v) is 5.54. The quantitative estimate of drug-likeness (QED) is 0.376. The van der Waals surface area contributed by atoms with Crippen molar-refractivity contribution in [1.82, 2.24) is 14.8 Å². The third-order valence-electron chi connectivity index (χ3n) is 6.50. The average Bonchev–Trinajstić information content (AvgIpc) is 2.92. The maximum absolute atomic E-state index is 12.5. The number of benzene rings is 3. The van der Waals surface area contributed by atoms with E-state index in [0.29, 0.717) is 5.69 Å². The number of nitrogens with one attached hydrogen (secondary N) is 1. The molecule has 4 aromatic rings. The molecule has 0 radical (unpaired) electrons. The molecule has 0 aliphatic carbocycles. The molecule has 1 fully saturated rings. The van der Waals surface area contributed by atoms with Crippen LogP contribution in [0.5, 0.6) is 0 Å². The van der Waals surface area contributed by atoms with E-state index in [2.05, 4.69) is 55.9 Å². The molecule has 1 aliphatic rings. The molecular weight excluding hydrogens is 468 g/mol. The van der Waals surface area contributed by atoms with Crippen LogP contribution in [0.3, 0.4) is 0 Å². The van der Waals surface area contributed by atoms with Crippen molar-refractivity contribution in [3.63, 3.8) is 0 Å². The lowest BCUT2D eigenvalue weighted by Gasteiger charge is -2.34. The van der Waals surface area contributed by atoms with Crippen LogP contribution in [0.15, 0.2) is 108 Å². The lowest BCUT2D eigenvalue weighted by atomic mass is 10.0. The van der Waals surface area contributed by atoms with E-state index in [-0.39, 0.29) is 4.90 Å². The zero-order valence-electron chi connectivity index (χ0n) is 20.1.